The molecule has 3 saturated heterocycles. The number of benzene rings is 1. The highest BCUT2D eigenvalue weighted by atomic mass is 15.3. The average molecular weight is 529 g/mol. The Hall–Kier alpha value is -3.42. The van der Waals surface area contributed by atoms with Gasteiger partial charge >= 0.3 is 0 Å². The molecule has 1 aromatic carbocycles. The zero-order chi connectivity index (χ0) is 26.9. The Kier molecular flexibility index (Phi) is 7.28. The predicted octanol–water partition coefficient (Wildman–Crippen LogP) is 4.26. The van der Waals surface area contributed by atoms with E-state index in [4.69, 9.17) is 15.2 Å². The number of piperidine rings is 2. The van der Waals surface area contributed by atoms with Crippen LogP contribution in [0.25, 0.3) is 10.9 Å². The lowest BCUT2D eigenvalue weighted by Crippen LogP contribution is -2.47. The molecule has 5 heterocycles. The summed E-state index contributed by atoms with van der Waals surface area (Å²) in [5.74, 6) is 2.18. The predicted molar refractivity (Wildman–Crippen MR) is 155 cm³/mol. The summed E-state index contributed by atoms with van der Waals surface area (Å²) in [5.41, 5.74) is 3.15. The first kappa shape index (κ1) is 25.8. The van der Waals surface area contributed by atoms with E-state index in [9.17, 15) is 0 Å². The van der Waals surface area contributed by atoms with E-state index >= 15 is 0 Å². The van der Waals surface area contributed by atoms with E-state index in [1.54, 1.807) is 0 Å². The maximum Gasteiger partial charge on any atom is 0.225 e. The lowest BCUT2D eigenvalue weighted by molar-refractivity contribution is 0.135. The van der Waals surface area contributed by atoms with E-state index in [-0.39, 0.29) is 0 Å². The largest absolute Gasteiger partial charge is 0.371 e. The fraction of sp³-hybridized carbons (Fsp3) is 0.586. The van der Waals surface area contributed by atoms with Crippen LogP contribution in [0, 0.1) is 18.3 Å². The number of H-pyrrole nitrogens is 1. The van der Waals surface area contributed by atoms with Crippen molar-refractivity contribution in [3.05, 3.63) is 30.0 Å². The van der Waals surface area contributed by atoms with Gasteiger partial charge in [-0.3, -0.25) is 10.00 Å². The second-order valence-electron chi connectivity index (χ2n) is 11.7. The molecule has 3 atom stereocenters. The molecule has 3 aromatic rings. The van der Waals surface area contributed by atoms with Crippen LogP contribution in [0.1, 0.15) is 50.6 Å². The summed E-state index contributed by atoms with van der Waals surface area (Å²) in [6.07, 6.45) is 7.50. The second-order valence-corrected chi connectivity index (χ2v) is 11.7. The highest BCUT2D eigenvalue weighted by Gasteiger charge is 2.40. The molecule has 10 heteroatoms. The number of aromatic amines is 1. The van der Waals surface area contributed by atoms with Gasteiger partial charge in [-0.05, 0) is 77.7 Å². The smallest absolute Gasteiger partial charge is 0.225 e. The van der Waals surface area contributed by atoms with Gasteiger partial charge in [0.05, 0.1) is 11.6 Å². The van der Waals surface area contributed by atoms with Crippen molar-refractivity contribution >= 4 is 34.2 Å². The summed E-state index contributed by atoms with van der Waals surface area (Å²) < 4.78 is 0. The summed E-state index contributed by atoms with van der Waals surface area (Å²) in [5, 5.41) is 24.6. The van der Waals surface area contributed by atoms with Gasteiger partial charge in [-0.15, -0.1) is 0 Å². The summed E-state index contributed by atoms with van der Waals surface area (Å²) >= 11 is 0. The van der Waals surface area contributed by atoms with Crippen LogP contribution in [0.4, 0.5) is 23.3 Å². The van der Waals surface area contributed by atoms with Gasteiger partial charge in [0.1, 0.15) is 5.82 Å². The van der Waals surface area contributed by atoms with Crippen LogP contribution in [-0.2, 0) is 0 Å². The molecule has 3 aliphatic rings. The standard InChI is InChI=1S/C29H40N10/c1-19-15-27(36-35-19)33-28-25-8-7-22(38-13-9-21(10-14-38)37(2)3)18-26(25)32-29(34-28)31-20-16-23-5-6-24(17-20)39(23)12-4-11-30/h7-8,15,18,20-21,23-24H,4-6,9-10,12-14,16-17H2,1-3H3,(H3,31,32,33,34,35,36)/t20-,23-,24+. The Morgan fingerprint density at radius 3 is 2.51 bits per heavy atom. The Balaban J connectivity index is 1.26. The zero-order valence-electron chi connectivity index (χ0n) is 23.3. The molecule has 206 valence electrons. The minimum Gasteiger partial charge on any atom is -0.371 e. The maximum absolute atomic E-state index is 9.07. The minimum absolute atomic E-state index is 0.326. The number of nitriles is 1. The molecule has 0 aliphatic carbocycles. The molecule has 0 spiro atoms. The van der Waals surface area contributed by atoms with Gasteiger partial charge in [-0.2, -0.15) is 15.3 Å². The van der Waals surface area contributed by atoms with Crippen LogP contribution in [0.15, 0.2) is 24.3 Å². The van der Waals surface area contributed by atoms with Crippen molar-refractivity contribution < 1.29 is 0 Å². The molecular formula is C29H40N10. The highest BCUT2D eigenvalue weighted by Crippen LogP contribution is 2.37. The number of anilines is 4. The van der Waals surface area contributed by atoms with E-state index in [0.29, 0.717) is 36.5 Å². The first-order chi connectivity index (χ1) is 19.0. The summed E-state index contributed by atoms with van der Waals surface area (Å²) in [4.78, 5) is 17.4. The van der Waals surface area contributed by atoms with Crippen LogP contribution < -0.4 is 15.5 Å². The first-order valence-electron chi connectivity index (χ1n) is 14.4. The third kappa shape index (κ3) is 5.52. The van der Waals surface area contributed by atoms with E-state index in [1.165, 1.54) is 31.4 Å². The molecule has 3 N–H and O–H groups in total. The lowest BCUT2D eigenvalue weighted by atomic mass is 9.97. The number of aromatic nitrogens is 4. The summed E-state index contributed by atoms with van der Waals surface area (Å²) in [7, 11) is 4.36. The van der Waals surface area contributed by atoms with E-state index in [2.05, 4.69) is 73.9 Å². The zero-order valence-corrected chi connectivity index (χ0v) is 23.3. The third-order valence-electron chi connectivity index (χ3n) is 8.89. The molecule has 39 heavy (non-hydrogen) atoms. The number of fused-ring (bicyclic) bond motifs is 3. The molecule has 2 aromatic heterocycles. The third-order valence-corrected chi connectivity index (χ3v) is 8.89. The van der Waals surface area contributed by atoms with Crippen molar-refractivity contribution in [1.82, 2.24) is 30.0 Å². The molecule has 10 nitrogen and oxygen atoms in total. The Labute approximate surface area is 230 Å². The number of aryl methyl sites for hydroxylation is 1. The average Bonchev–Trinajstić information content (AvgIpc) is 3.45. The van der Waals surface area contributed by atoms with Crippen LogP contribution in [-0.4, -0.2) is 87.9 Å². The lowest BCUT2D eigenvalue weighted by Gasteiger charge is -2.38. The molecule has 3 aliphatic heterocycles. The first-order valence-corrected chi connectivity index (χ1v) is 14.4. The minimum atomic E-state index is 0.326. The summed E-state index contributed by atoms with van der Waals surface area (Å²) in [6.45, 7) is 4.98. The van der Waals surface area contributed by atoms with Gasteiger partial charge in [0.15, 0.2) is 5.82 Å². The molecular weight excluding hydrogens is 488 g/mol. The number of hydrogen-bond donors (Lipinski definition) is 3. The van der Waals surface area contributed by atoms with Crippen molar-refractivity contribution in [1.29, 1.82) is 5.26 Å². The fourth-order valence-corrected chi connectivity index (χ4v) is 6.84. The molecule has 6 rings (SSSR count). The molecule has 0 amide bonds. The second kappa shape index (κ2) is 11.0. The van der Waals surface area contributed by atoms with Gasteiger partial charge in [0, 0.05) is 73.1 Å². The van der Waals surface area contributed by atoms with Crippen molar-refractivity contribution in [2.45, 2.75) is 76.0 Å². The molecule has 0 unspecified atom stereocenters. The monoisotopic (exact) mass is 528 g/mol. The van der Waals surface area contributed by atoms with Crippen molar-refractivity contribution in [2.75, 3.05) is 49.3 Å². The van der Waals surface area contributed by atoms with Crippen molar-refractivity contribution in [3.63, 3.8) is 0 Å². The van der Waals surface area contributed by atoms with E-state index in [1.807, 2.05) is 13.0 Å². The Bertz CT molecular complexity index is 1320. The van der Waals surface area contributed by atoms with Crippen LogP contribution in [0.5, 0.6) is 0 Å². The summed E-state index contributed by atoms with van der Waals surface area (Å²) in [6, 6.07) is 12.9. The SMILES string of the molecule is Cc1cc(Nc2nc(N[C@@H]3C[C@H]4CC[C@@H](C3)N4CCC#N)nc3cc(N4CCC(N(C)C)CC4)ccc23)n[nH]1. The van der Waals surface area contributed by atoms with Crippen molar-refractivity contribution in [3.8, 4) is 6.07 Å². The molecule has 0 saturated carbocycles. The number of rotatable bonds is 8. The van der Waals surface area contributed by atoms with Gasteiger partial charge in [0.25, 0.3) is 0 Å². The Morgan fingerprint density at radius 1 is 1.08 bits per heavy atom. The Morgan fingerprint density at radius 2 is 1.85 bits per heavy atom. The topological polar surface area (TPSA) is 112 Å². The molecule has 0 radical (unpaired) electrons. The normalized spacial score (nSPS) is 23.9. The van der Waals surface area contributed by atoms with E-state index in [0.717, 1.165) is 60.7 Å². The van der Waals surface area contributed by atoms with E-state index < -0.39 is 0 Å². The van der Waals surface area contributed by atoms with Gasteiger partial charge in [-0.25, -0.2) is 4.98 Å². The molecule has 3 fully saturated rings. The van der Waals surface area contributed by atoms with Gasteiger partial charge in [0.2, 0.25) is 5.95 Å². The quantitative estimate of drug-likeness (QED) is 0.395. The van der Waals surface area contributed by atoms with Gasteiger partial charge < -0.3 is 20.4 Å². The number of nitrogens with zero attached hydrogens (tertiary/aromatic N) is 7. The van der Waals surface area contributed by atoms with Crippen LogP contribution >= 0.6 is 0 Å². The fourth-order valence-electron chi connectivity index (χ4n) is 6.84. The number of hydrogen-bond acceptors (Lipinski definition) is 9. The molecule has 2 bridgehead atoms. The van der Waals surface area contributed by atoms with Gasteiger partial charge in [-0.1, -0.05) is 0 Å². The van der Waals surface area contributed by atoms with Crippen LogP contribution in [0.3, 0.4) is 0 Å². The highest BCUT2D eigenvalue weighted by molar-refractivity contribution is 5.93. The number of nitrogens with one attached hydrogen (secondary N) is 3. The maximum atomic E-state index is 9.07. The van der Waals surface area contributed by atoms with Crippen LogP contribution in [0.2, 0.25) is 0 Å². The van der Waals surface area contributed by atoms with Crippen molar-refractivity contribution in [2.24, 2.45) is 0 Å².